The summed E-state index contributed by atoms with van der Waals surface area (Å²) in [6.07, 6.45) is 4.15. The molecule has 0 fully saturated rings. The third-order valence-corrected chi connectivity index (χ3v) is 2.03. The van der Waals surface area contributed by atoms with Gasteiger partial charge in [-0.1, -0.05) is 0 Å². The Bertz CT molecular complexity index is 183. The van der Waals surface area contributed by atoms with Crippen molar-refractivity contribution in [2.24, 2.45) is 0 Å². The second kappa shape index (κ2) is 2.93. The number of hydrogen-bond acceptors (Lipinski definition) is 2. The lowest BCUT2D eigenvalue weighted by Crippen LogP contribution is -2.40. The first-order chi connectivity index (χ1) is 5.71. The van der Waals surface area contributed by atoms with Gasteiger partial charge in [-0.2, -0.15) is 0 Å². The smallest absolute Gasteiger partial charge is 0.208 e. The summed E-state index contributed by atoms with van der Waals surface area (Å²) in [5.41, 5.74) is 0.243. The highest BCUT2D eigenvalue weighted by atomic mass is 15.4. The molecule has 0 saturated heterocycles. The van der Waals surface area contributed by atoms with Gasteiger partial charge in [0.15, 0.2) is 0 Å². The molecular formula is C11H20N2. The third kappa shape index (κ3) is 2.39. The molecule has 0 saturated carbocycles. The molecule has 0 N–H and O–H groups in total. The van der Waals surface area contributed by atoms with Crippen molar-refractivity contribution in [3.63, 3.8) is 0 Å². The summed E-state index contributed by atoms with van der Waals surface area (Å²) in [4.78, 5) is 4.22. The minimum absolute atomic E-state index is 0.122. The molecule has 0 amide bonds. The van der Waals surface area contributed by atoms with Gasteiger partial charge in [-0.3, -0.25) is 0 Å². The SMILES string of the molecule is CC(C)(C)N1[C]N(C(C)(C)C)C=C1. The molecule has 2 nitrogen and oxygen atoms in total. The fourth-order valence-corrected chi connectivity index (χ4v) is 1.06. The summed E-state index contributed by atoms with van der Waals surface area (Å²) in [5, 5.41) is 0. The largest absolute Gasteiger partial charge is 0.341 e. The molecule has 0 unspecified atom stereocenters. The van der Waals surface area contributed by atoms with Crippen molar-refractivity contribution in [3.05, 3.63) is 19.1 Å². The van der Waals surface area contributed by atoms with E-state index in [4.69, 9.17) is 0 Å². The molecule has 1 rings (SSSR count). The lowest BCUT2D eigenvalue weighted by molar-refractivity contribution is 0.166. The van der Waals surface area contributed by atoms with Crippen LogP contribution in [0.2, 0.25) is 0 Å². The molecule has 0 aromatic heterocycles. The number of rotatable bonds is 0. The highest BCUT2D eigenvalue weighted by Crippen LogP contribution is 2.27. The van der Waals surface area contributed by atoms with Crippen LogP contribution in [0.25, 0.3) is 0 Å². The van der Waals surface area contributed by atoms with Crippen molar-refractivity contribution in [1.82, 2.24) is 9.80 Å². The summed E-state index contributed by atoms with van der Waals surface area (Å²) in [5.74, 6) is 0. The summed E-state index contributed by atoms with van der Waals surface area (Å²) < 4.78 is 0. The Hall–Kier alpha value is -0.660. The fourth-order valence-electron chi connectivity index (χ4n) is 1.06. The van der Waals surface area contributed by atoms with Crippen molar-refractivity contribution in [2.75, 3.05) is 0 Å². The molecule has 0 aliphatic carbocycles. The Labute approximate surface area is 82.2 Å². The molecule has 1 aliphatic heterocycles. The molecule has 0 spiro atoms. The van der Waals surface area contributed by atoms with E-state index in [1.807, 2.05) is 0 Å². The van der Waals surface area contributed by atoms with E-state index < -0.39 is 0 Å². The van der Waals surface area contributed by atoms with Crippen LogP contribution in [-0.2, 0) is 0 Å². The third-order valence-electron chi connectivity index (χ3n) is 2.03. The zero-order chi connectivity index (χ0) is 10.3. The van der Waals surface area contributed by atoms with Gasteiger partial charge in [0.25, 0.3) is 0 Å². The first-order valence-corrected chi connectivity index (χ1v) is 4.74. The van der Waals surface area contributed by atoms with Crippen molar-refractivity contribution < 1.29 is 0 Å². The van der Waals surface area contributed by atoms with E-state index in [1.54, 1.807) is 0 Å². The van der Waals surface area contributed by atoms with Crippen LogP contribution in [-0.4, -0.2) is 20.9 Å². The van der Waals surface area contributed by atoms with Gasteiger partial charge in [-0.25, -0.2) is 0 Å². The Balaban J connectivity index is 2.63. The quantitative estimate of drug-likeness (QED) is 0.565. The standard InChI is InChI=1S/C11H20N2/c1-10(2,3)12-7-8-13(9-12)11(4,5)6/h7-8H,1-6H3. The van der Waals surface area contributed by atoms with Crippen molar-refractivity contribution in [2.45, 2.75) is 52.6 Å². The molecule has 74 valence electrons. The lowest BCUT2D eigenvalue weighted by Gasteiger charge is -2.36. The lowest BCUT2D eigenvalue weighted by atomic mass is 10.1. The second-order valence-electron chi connectivity index (χ2n) is 5.48. The second-order valence-corrected chi connectivity index (χ2v) is 5.48. The fraction of sp³-hybridized carbons (Fsp3) is 0.727. The number of nitrogens with zero attached hydrogens (tertiary/aromatic N) is 2. The average molecular weight is 180 g/mol. The molecular weight excluding hydrogens is 160 g/mol. The van der Waals surface area contributed by atoms with Crippen LogP contribution in [0.4, 0.5) is 0 Å². The molecule has 1 heterocycles. The Kier molecular flexibility index (Phi) is 2.35. The van der Waals surface area contributed by atoms with E-state index in [-0.39, 0.29) is 11.1 Å². The summed E-state index contributed by atoms with van der Waals surface area (Å²) in [7, 11) is 0. The topological polar surface area (TPSA) is 6.48 Å². The van der Waals surface area contributed by atoms with Gasteiger partial charge >= 0.3 is 0 Å². The van der Waals surface area contributed by atoms with Gasteiger partial charge in [0.1, 0.15) is 0 Å². The van der Waals surface area contributed by atoms with Gasteiger partial charge in [0.05, 0.1) is 0 Å². The van der Waals surface area contributed by atoms with E-state index in [9.17, 15) is 0 Å². The minimum Gasteiger partial charge on any atom is -0.341 e. The van der Waals surface area contributed by atoms with Gasteiger partial charge in [0, 0.05) is 23.5 Å². The van der Waals surface area contributed by atoms with Crippen LogP contribution in [0, 0.1) is 6.67 Å². The minimum atomic E-state index is 0.122. The molecule has 0 bridgehead atoms. The number of hydrogen-bond donors (Lipinski definition) is 0. The maximum absolute atomic E-state index is 3.33. The van der Waals surface area contributed by atoms with Gasteiger partial charge in [0.2, 0.25) is 6.67 Å². The van der Waals surface area contributed by atoms with Gasteiger partial charge in [-0.05, 0) is 41.5 Å². The molecule has 0 atom stereocenters. The highest BCUT2D eigenvalue weighted by Gasteiger charge is 2.30. The van der Waals surface area contributed by atoms with E-state index in [2.05, 4.69) is 70.4 Å². The predicted molar refractivity (Wildman–Crippen MR) is 55.6 cm³/mol. The van der Waals surface area contributed by atoms with Gasteiger partial charge < -0.3 is 9.80 Å². The first kappa shape index (κ1) is 10.4. The summed E-state index contributed by atoms with van der Waals surface area (Å²) in [6.45, 7) is 16.4. The Morgan fingerprint density at radius 3 is 1.23 bits per heavy atom. The van der Waals surface area contributed by atoms with E-state index >= 15 is 0 Å². The highest BCUT2D eigenvalue weighted by molar-refractivity contribution is 5.05. The molecule has 0 aromatic carbocycles. The van der Waals surface area contributed by atoms with Crippen LogP contribution in [0.1, 0.15) is 41.5 Å². The Morgan fingerprint density at radius 1 is 0.769 bits per heavy atom. The summed E-state index contributed by atoms with van der Waals surface area (Å²) >= 11 is 0. The molecule has 1 aliphatic rings. The van der Waals surface area contributed by atoms with Crippen LogP contribution >= 0.6 is 0 Å². The molecule has 13 heavy (non-hydrogen) atoms. The van der Waals surface area contributed by atoms with Crippen molar-refractivity contribution >= 4 is 0 Å². The van der Waals surface area contributed by atoms with Crippen molar-refractivity contribution in [3.8, 4) is 0 Å². The van der Waals surface area contributed by atoms with E-state index in [0.717, 1.165) is 0 Å². The monoisotopic (exact) mass is 180 g/mol. The van der Waals surface area contributed by atoms with Gasteiger partial charge in [-0.15, -0.1) is 0 Å². The molecule has 2 radical (unpaired) electrons. The molecule has 2 heteroatoms. The Morgan fingerprint density at radius 2 is 1.08 bits per heavy atom. The van der Waals surface area contributed by atoms with Crippen LogP contribution in [0.5, 0.6) is 0 Å². The first-order valence-electron chi connectivity index (χ1n) is 4.74. The predicted octanol–water partition coefficient (Wildman–Crippen LogP) is 2.67. The maximum Gasteiger partial charge on any atom is 0.208 e. The maximum atomic E-state index is 3.33. The van der Waals surface area contributed by atoms with E-state index in [0.29, 0.717) is 0 Å². The van der Waals surface area contributed by atoms with Crippen molar-refractivity contribution in [1.29, 1.82) is 0 Å². The van der Waals surface area contributed by atoms with Crippen LogP contribution in [0.15, 0.2) is 12.4 Å². The van der Waals surface area contributed by atoms with Crippen LogP contribution in [0.3, 0.4) is 0 Å². The van der Waals surface area contributed by atoms with Crippen LogP contribution < -0.4 is 0 Å². The zero-order valence-electron chi connectivity index (χ0n) is 9.55. The zero-order valence-corrected chi connectivity index (χ0v) is 9.55. The van der Waals surface area contributed by atoms with E-state index in [1.165, 1.54) is 0 Å². The summed E-state index contributed by atoms with van der Waals surface area (Å²) in [6, 6.07) is 0. The normalized spacial score (nSPS) is 18.6. The average Bonchev–Trinajstić information content (AvgIpc) is 2.28. The molecule has 0 aromatic rings.